The van der Waals surface area contributed by atoms with Crippen molar-refractivity contribution in [2.75, 3.05) is 7.11 Å². The number of unbranched alkanes of at least 4 members (excludes halogenated alkanes) is 1. The zero-order valence-corrected chi connectivity index (χ0v) is 24.2. The van der Waals surface area contributed by atoms with Crippen molar-refractivity contribution in [3.8, 4) is 5.75 Å². The van der Waals surface area contributed by atoms with E-state index in [4.69, 9.17) is 14.5 Å². The Hall–Kier alpha value is -1.54. The van der Waals surface area contributed by atoms with Crippen molar-refractivity contribution in [1.29, 1.82) is 0 Å². The van der Waals surface area contributed by atoms with Crippen molar-refractivity contribution >= 4 is 84.2 Å². The second kappa shape index (κ2) is 11.7. The zero-order chi connectivity index (χ0) is 24.1. The maximum absolute atomic E-state index is 13.2. The van der Waals surface area contributed by atoms with Gasteiger partial charge in [-0.2, -0.15) is 9.78 Å². The molecular weight excluding hydrogens is 716 g/mol. The number of carbonyl (C=O) groups excluding carboxylic acids is 1. The fourth-order valence-corrected chi connectivity index (χ4v) is 5.52. The van der Waals surface area contributed by atoms with E-state index in [-0.39, 0.29) is 5.56 Å². The number of hydrogen-bond acceptors (Lipinski definition) is 6. The van der Waals surface area contributed by atoms with Crippen LogP contribution >= 0.6 is 61.1 Å². The van der Waals surface area contributed by atoms with Crippen molar-refractivity contribution < 1.29 is 14.3 Å². The van der Waals surface area contributed by atoms with Gasteiger partial charge >= 0.3 is 5.97 Å². The highest BCUT2D eigenvalue weighted by Crippen LogP contribution is 2.29. The molecule has 33 heavy (non-hydrogen) atoms. The Labute approximate surface area is 227 Å². The second-order valence-corrected chi connectivity index (χ2v) is 10.5. The average molecular weight is 738 g/mol. The number of carbonyl (C=O) groups is 1. The minimum Gasteiger partial charge on any atom is -0.477 e. The molecule has 7 nitrogen and oxygen atoms in total. The first-order valence-electron chi connectivity index (χ1n) is 10.2. The van der Waals surface area contributed by atoms with E-state index in [1.165, 1.54) is 11.8 Å². The van der Waals surface area contributed by atoms with Crippen molar-refractivity contribution in [2.24, 2.45) is 5.10 Å². The van der Waals surface area contributed by atoms with Gasteiger partial charge in [0, 0.05) is 10.9 Å². The summed E-state index contributed by atoms with van der Waals surface area (Å²) in [5.74, 6) is 0.787. The maximum Gasteiger partial charge on any atom is 0.346 e. The summed E-state index contributed by atoms with van der Waals surface area (Å²) in [4.78, 5) is 29.6. The quantitative estimate of drug-likeness (QED) is 0.173. The molecule has 0 unspecified atom stereocenters. The molecule has 10 heteroatoms. The van der Waals surface area contributed by atoms with Crippen LogP contribution in [0.15, 0.2) is 44.7 Å². The zero-order valence-electron chi connectivity index (χ0n) is 18.3. The largest absolute Gasteiger partial charge is 0.477 e. The topological polar surface area (TPSA) is 82.8 Å². The summed E-state index contributed by atoms with van der Waals surface area (Å²) >= 11 is 7.73. The van der Waals surface area contributed by atoms with Crippen LogP contribution in [0.25, 0.3) is 10.9 Å². The van der Waals surface area contributed by atoms with E-state index >= 15 is 0 Å². The Bertz CT molecular complexity index is 1250. The van der Waals surface area contributed by atoms with Crippen molar-refractivity contribution in [3.05, 3.63) is 63.7 Å². The fraction of sp³-hybridized carbons (Fsp3) is 0.304. The predicted molar refractivity (Wildman–Crippen MR) is 149 cm³/mol. The Morgan fingerprint density at radius 3 is 2.61 bits per heavy atom. The lowest BCUT2D eigenvalue weighted by molar-refractivity contribution is -0.147. The highest BCUT2D eigenvalue weighted by atomic mass is 127. The highest BCUT2D eigenvalue weighted by Gasteiger charge is 2.18. The minimum absolute atomic E-state index is 0.208. The molecule has 174 valence electrons. The molecule has 0 radical (unpaired) electrons. The van der Waals surface area contributed by atoms with Gasteiger partial charge in [-0.25, -0.2) is 9.78 Å². The van der Waals surface area contributed by atoms with Gasteiger partial charge in [0.25, 0.3) is 5.56 Å². The van der Waals surface area contributed by atoms with E-state index in [0.717, 1.165) is 30.0 Å². The number of methoxy groups -OCH3 is 1. The van der Waals surface area contributed by atoms with Crippen LogP contribution in [0.5, 0.6) is 5.75 Å². The maximum atomic E-state index is 13.2. The number of ether oxygens (including phenoxy) is 2. The van der Waals surface area contributed by atoms with E-state index in [1.54, 1.807) is 19.2 Å². The molecule has 0 aliphatic rings. The Kier molecular flexibility index (Phi) is 9.27. The molecule has 0 spiro atoms. The van der Waals surface area contributed by atoms with Gasteiger partial charge in [0.2, 0.25) is 0 Å². The lowest BCUT2D eigenvalue weighted by Gasteiger charge is -2.15. The van der Waals surface area contributed by atoms with Gasteiger partial charge in [0.15, 0.2) is 6.10 Å². The van der Waals surface area contributed by atoms with Crippen molar-refractivity contribution in [1.82, 2.24) is 9.66 Å². The fourth-order valence-electron chi connectivity index (χ4n) is 3.09. The third-order valence-electron chi connectivity index (χ3n) is 4.80. The van der Waals surface area contributed by atoms with Crippen LogP contribution in [-0.2, 0) is 16.0 Å². The van der Waals surface area contributed by atoms with E-state index in [1.807, 2.05) is 24.3 Å². The van der Waals surface area contributed by atoms with E-state index in [9.17, 15) is 9.59 Å². The number of halogens is 3. The summed E-state index contributed by atoms with van der Waals surface area (Å²) < 4.78 is 14.3. The van der Waals surface area contributed by atoms with E-state index in [2.05, 4.69) is 73.1 Å². The molecule has 2 aromatic carbocycles. The third-order valence-corrected chi connectivity index (χ3v) is 6.90. The normalized spacial score (nSPS) is 12.3. The summed E-state index contributed by atoms with van der Waals surface area (Å²) in [6.07, 6.45) is 3.46. The minimum atomic E-state index is -0.723. The lowest BCUT2D eigenvalue weighted by Crippen LogP contribution is -2.25. The summed E-state index contributed by atoms with van der Waals surface area (Å²) in [7, 11) is 1.33. The van der Waals surface area contributed by atoms with E-state index < -0.39 is 12.1 Å². The number of aryl methyl sites for hydroxylation is 1. The molecule has 0 bridgehead atoms. The van der Waals surface area contributed by atoms with Gasteiger partial charge in [-0.1, -0.05) is 29.3 Å². The molecule has 3 rings (SSSR count). The molecule has 0 aliphatic heterocycles. The van der Waals surface area contributed by atoms with Crippen LogP contribution in [0.1, 0.15) is 38.1 Å². The van der Waals surface area contributed by atoms with Crippen LogP contribution in [0.4, 0.5) is 0 Å². The number of rotatable bonds is 8. The Balaban J connectivity index is 2.00. The number of esters is 1. The molecular formula is C23H22BrI2N3O4. The van der Waals surface area contributed by atoms with Crippen LogP contribution < -0.4 is 10.3 Å². The van der Waals surface area contributed by atoms with Gasteiger partial charge in [-0.15, -0.1) is 0 Å². The molecule has 3 aromatic rings. The Morgan fingerprint density at radius 1 is 1.27 bits per heavy atom. The molecule has 0 saturated heterocycles. The number of benzene rings is 2. The van der Waals surface area contributed by atoms with Crippen LogP contribution in [-0.4, -0.2) is 35.1 Å². The second-order valence-electron chi connectivity index (χ2n) is 7.25. The summed E-state index contributed by atoms with van der Waals surface area (Å²) in [5.41, 5.74) is 1.25. The molecule has 1 aromatic heterocycles. The molecule has 0 N–H and O–H groups in total. The third kappa shape index (κ3) is 6.32. The highest BCUT2D eigenvalue weighted by molar-refractivity contribution is 14.1. The first-order valence-corrected chi connectivity index (χ1v) is 13.2. The van der Waals surface area contributed by atoms with Crippen LogP contribution in [0.3, 0.4) is 0 Å². The first kappa shape index (κ1) is 26.1. The summed E-state index contributed by atoms with van der Waals surface area (Å²) in [6, 6.07) is 9.24. The van der Waals surface area contributed by atoms with Gasteiger partial charge in [0.05, 0.1) is 31.4 Å². The van der Waals surface area contributed by atoms with Gasteiger partial charge in [0.1, 0.15) is 11.6 Å². The van der Waals surface area contributed by atoms with E-state index in [0.29, 0.717) is 28.9 Å². The molecule has 1 atom stereocenters. The number of hydrogen-bond donors (Lipinski definition) is 0. The van der Waals surface area contributed by atoms with Crippen molar-refractivity contribution in [3.63, 3.8) is 0 Å². The molecule has 1 heterocycles. The SMILES string of the molecule is CCCCc1nc2ccc(Br)cc2c(=O)n1N=Cc1cc(I)c(O[C@@H](C)C(=O)OC)c(I)c1. The monoisotopic (exact) mass is 737 g/mol. The first-order chi connectivity index (χ1) is 15.7. The summed E-state index contributed by atoms with van der Waals surface area (Å²) in [5, 5.41) is 5.01. The molecule has 0 saturated carbocycles. The predicted octanol–water partition coefficient (Wildman–Crippen LogP) is 5.53. The smallest absolute Gasteiger partial charge is 0.346 e. The number of fused-ring (bicyclic) bond motifs is 1. The molecule has 0 aliphatic carbocycles. The Morgan fingerprint density at radius 2 is 1.97 bits per heavy atom. The van der Waals surface area contributed by atoms with Gasteiger partial charge in [-0.3, -0.25) is 4.79 Å². The van der Waals surface area contributed by atoms with Gasteiger partial charge in [-0.05, 0) is 94.4 Å². The number of aromatic nitrogens is 2. The summed E-state index contributed by atoms with van der Waals surface area (Å²) in [6.45, 7) is 3.74. The standard InChI is InChI=1S/C23H22BrI2N3O4/c1-4-5-6-20-28-19-8-7-15(24)11-16(19)22(30)29(20)27-12-14-9-17(25)21(18(26)10-14)33-13(2)23(31)32-3/h7-13H,4-6H2,1-3H3/t13-/m0/s1. The van der Waals surface area contributed by atoms with Crippen molar-refractivity contribution in [2.45, 2.75) is 39.2 Å². The lowest BCUT2D eigenvalue weighted by atomic mass is 10.2. The number of nitrogens with zero attached hydrogens (tertiary/aromatic N) is 3. The average Bonchev–Trinajstić information content (AvgIpc) is 2.79. The van der Waals surface area contributed by atoms with Crippen LogP contribution in [0.2, 0.25) is 0 Å². The molecule has 0 amide bonds. The van der Waals surface area contributed by atoms with Crippen LogP contribution in [0, 0.1) is 7.14 Å². The molecule has 0 fully saturated rings. The van der Waals surface area contributed by atoms with Gasteiger partial charge < -0.3 is 9.47 Å².